The van der Waals surface area contributed by atoms with Crippen LogP contribution in [0.15, 0.2) is 53.1 Å². The van der Waals surface area contributed by atoms with Crippen molar-refractivity contribution >= 4 is 11.7 Å². The first-order chi connectivity index (χ1) is 14.2. The molecule has 1 unspecified atom stereocenters. The molecule has 2 amide bonds. The van der Waals surface area contributed by atoms with Crippen LogP contribution in [0.3, 0.4) is 0 Å². The number of urea groups is 1. The quantitative estimate of drug-likeness (QED) is 0.700. The molecule has 150 valence electrons. The zero-order valence-corrected chi connectivity index (χ0v) is 16.3. The summed E-state index contributed by atoms with van der Waals surface area (Å²) in [5.74, 6) is 2.27. The highest BCUT2D eigenvalue weighted by Crippen LogP contribution is 2.34. The Morgan fingerprint density at radius 1 is 1.14 bits per heavy atom. The van der Waals surface area contributed by atoms with E-state index in [0.29, 0.717) is 29.7 Å². The number of nitrogens with zero attached hydrogens (tertiary/aromatic N) is 3. The monoisotopic (exact) mass is 394 g/mol. The van der Waals surface area contributed by atoms with Gasteiger partial charge in [0.1, 0.15) is 17.5 Å². The van der Waals surface area contributed by atoms with Crippen molar-refractivity contribution in [3.63, 3.8) is 0 Å². The number of ether oxygens (including phenoxy) is 2. The SMILES string of the molecule is COc1ccc(NC(=O)N2CCCC2c2nc(-c3ccccc3OC)no2)cc1. The van der Waals surface area contributed by atoms with Crippen LogP contribution in [0.25, 0.3) is 11.4 Å². The van der Waals surface area contributed by atoms with Gasteiger partial charge in [0, 0.05) is 12.2 Å². The molecule has 1 fully saturated rings. The minimum atomic E-state index is -0.260. The van der Waals surface area contributed by atoms with Gasteiger partial charge in [-0.25, -0.2) is 4.79 Å². The molecule has 0 saturated carbocycles. The summed E-state index contributed by atoms with van der Waals surface area (Å²) in [5.41, 5.74) is 1.44. The van der Waals surface area contributed by atoms with E-state index in [-0.39, 0.29) is 12.1 Å². The van der Waals surface area contributed by atoms with Crippen molar-refractivity contribution in [2.24, 2.45) is 0 Å². The van der Waals surface area contributed by atoms with Crippen LogP contribution < -0.4 is 14.8 Å². The predicted molar refractivity (Wildman–Crippen MR) is 107 cm³/mol. The number of carbonyl (C=O) groups excluding carboxylic acids is 1. The van der Waals surface area contributed by atoms with E-state index in [1.165, 1.54) is 0 Å². The highest BCUT2D eigenvalue weighted by atomic mass is 16.5. The number of hydrogen-bond donors (Lipinski definition) is 1. The van der Waals surface area contributed by atoms with Gasteiger partial charge in [0.25, 0.3) is 0 Å². The van der Waals surface area contributed by atoms with Crippen LogP contribution in [0.5, 0.6) is 11.5 Å². The number of para-hydroxylation sites is 1. The number of likely N-dealkylation sites (tertiary alicyclic amines) is 1. The first-order valence-corrected chi connectivity index (χ1v) is 9.38. The molecule has 0 aliphatic carbocycles. The smallest absolute Gasteiger partial charge is 0.322 e. The molecule has 1 aliphatic heterocycles. The Bertz CT molecular complexity index is 986. The second kappa shape index (κ2) is 8.22. The van der Waals surface area contributed by atoms with E-state index in [2.05, 4.69) is 15.5 Å². The number of aromatic nitrogens is 2. The molecule has 1 N–H and O–H groups in total. The van der Waals surface area contributed by atoms with Gasteiger partial charge in [0.05, 0.1) is 19.8 Å². The standard InChI is InChI=1S/C21H22N4O4/c1-27-15-11-9-14(10-12-15)22-21(26)25-13-5-7-17(25)20-23-19(24-29-20)16-6-3-4-8-18(16)28-2/h3-4,6,8-12,17H,5,7,13H2,1-2H3,(H,22,26). The average Bonchev–Trinajstić information content (AvgIpc) is 3.43. The van der Waals surface area contributed by atoms with Gasteiger partial charge < -0.3 is 24.2 Å². The second-order valence-corrected chi connectivity index (χ2v) is 6.67. The Hall–Kier alpha value is -3.55. The Balaban J connectivity index is 1.51. The van der Waals surface area contributed by atoms with Crippen LogP contribution in [0, 0.1) is 0 Å². The van der Waals surface area contributed by atoms with E-state index in [4.69, 9.17) is 14.0 Å². The number of carbonyl (C=O) groups is 1. The number of anilines is 1. The fourth-order valence-electron chi connectivity index (χ4n) is 3.45. The summed E-state index contributed by atoms with van der Waals surface area (Å²) in [6.07, 6.45) is 1.64. The maximum atomic E-state index is 12.8. The topological polar surface area (TPSA) is 89.7 Å². The zero-order valence-electron chi connectivity index (χ0n) is 16.3. The van der Waals surface area contributed by atoms with Crippen molar-refractivity contribution in [2.75, 3.05) is 26.1 Å². The number of amides is 2. The first kappa shape index (κ1) is 18.8. The summed E-state index contributed by atoms with van der Waals surface area (Å²) in [7, 11) is 3.20. The van der Waals surface area contributed by atoms with Crippen molar-refractivity contribution in [3.8, 4) is 22.9 Å². The van der Waals surface area contributed by atoms with Gasteiger partial charge in [-0.3, -0.25) is 0 Å². The van der Waals surface area contributed by atoms with Crippen molar-refractivity contribution in [2.45, 2.75) is 18.9 Å². The lowest BCUT2D eigenvalue weighted by atomic mass is 10.2. The van der Waals surface area contributed by atoms with Crippen molar-refractivity contribution in [1.29, 1.82) is 0 Å². The van der Waals surface area contributed by atoms with Crippen LogP contribution in [-0.2, 0) is 0 Å². The molecule has 8 heteroatoms. The van der Waals surface area contributed by atoms with E-state index in [9.17, 15) is 4.79 Å². The Morgan fingerprint density at radius 3 is 2.69 bits per heavy atom. The molecule has 3 aromatic rings. The summed E-state index contributed by atoms with van der Waals surface area (Å²) >= 11 is 0. The van der Waals surface area contributed by atoms with Gasteiger partial charge in [0.15, 0.2) is 0 Å². The number of rotatable bonds is 5. The molecule has 2 heterocycles. The molecule has 29 heavy (non-hydrogen) atoms. The summed E-state index contributed by atoms with van der Waals surface area (Å²) in [6, 6.07) is 14.2. The van der Waals surface area contributed by atoms with Crippen LogP contribution in [0.4, 0.5) is 10.5 Å². The maximum Gasteiger partial charge on any atom is 0.322 e. The lowest BCUT2D eigenvalue weighted by Crippen LogP contribution is -2.34. The van der Waals surface area contributed by atoms with Gasteiger partial charge in [-0.05, 0) is 49.2 Å². The van der Waals surface area contributed by atoms with Crippen LogP contribution >= 0.6 is 0 Å². The summed E-state index contributed by atoms with van der Waals surface area (Å²) < 4.78 is 16.0. The minimum Gasteiger partial charge on any atom is -0.497 e. The molecule has 1 aromatic heterocycles. The van der Waals surface area contributed by atoms with Crippen LogP contribution in [-0.4, -0.2) is 41.8 Å². The summed E-state index contributed by atoms with van der Waals surface area (Å²) in [5, 5.41) is 7.01. The van der Waals surface area contributed by atoms with Gasteiger partial charge in [-0.2, -0.15) is 4.98 Å². The third kappa shape index (κ3) is 3.87. The van der Waals surface area contributed by atoms with E-state index >= 15 is 0 Å². The lowest BCUT2D eigenvalue weighted by Gasteiger charge is -2.22. The molecule has 1 saturated heterocycles. The second-order valence-electron chi connectivity index (χ2n) is 6.67. The molecule has 2 aromatic carbocycles. The summed E-state index contributed by atoms with van der Waals surface area (Å²) in [4.78, 5) is 19.1. The molecule has 0 spiro atoms. The normalized spacial score (nSPS) is 15.9. The number of nitrogens with one attached hydrogen (secondary N) is 1. The molecular formula is C21H22N4O4. The van der Waals surface area contributed by atoms with E-state index < -0.39 is 0 Å². The highest BCUT2D eigenvalue weighted by Gasteiger charge is 2.34. The van der Waals surface area contributed by atoms with E-state index in [0.717, 1.165) is 24.2 Å². The van der Waals surface area contributed by atoms with E-state index in [1.54, 1.807) is 43.4 Å². The van der Waals surface area contributed by atoms with Crippen LogP contribution in [0.1, 0.15) is 24.8 Å². The van der Waals surface area contributed by atoms with E-state index in [1.807, 2.05) is 24.3 Å². The lowest BCUT2D eigenvalue weighted by molar-refractivity contribution is 0.193. The largest absolute Gasteiger partial charge is 0.497 e. The first-order valence-electron chi connectivity index (χ1n) is 9.38. The highest BCUT2D eigenvalue weighted by molar-refractivity contribution is 5.89. The maximum absolute atomic E-state index is 12.8. The molecule has 8 nitrogen and oxygen atoms in total. The Kier molecular flexibility index (Phi) is 5.33. The predicted octanol–water partition coefficient (Wildman–Crippen LogP) is 4.12. The fourth-order valence-corrected chi connectivity index (χ4v) is 3.45. The van der Waals surface area contributed by atoms with Gasteiger partial charge in [0.2, 0.25) is 11.7 Å². The van der Waals surface area contributed by atoms with Gasteiger partial charge in [-0.1, -0.05) is 17.3 Å². The van der Waals surface area contributed by atoms with Crippen molar-refractivity contribution in [1.82, 2.24) is 15.0 Å². The molecular weight excluding hydrogens is 372 g/mol. The number of hydrogen-bond acceptors (Lipinski definition) is 6. The molecule has 0 bridgehead atoms. The molecule has 4 rings (SSSR count). The number of benzene rings is 2. The fraction of sp³-hybridized carbons (Fsp3) is 0.286. The third-order valence-electron chi connectivity index (χ3n) is 4.93. The molecule has 1 aliphatic rings. The van der Waals surface area contributed by atoms with Crippen molar-refractivity contribution in [3.05, 3.63) is 54.4 Å². The third-order valence-corrected chi connectivity index (χ3v) is 4.93. The molecule has 1 atom stereocenters. The Morgan fingerprint density at radius 2 is 1.93 bits per heavy atom. The molecule has 0 radical (unpaired) electrons. The van der Waals surface area contributed by atoms with Crippen LogP contribution in [0.2, 0.25) is 0 Å². The Labute approximate surface area is 168 Å². The average molecular weight is 394 g/mol. The van der Waals surface area contributed by atoms with Gasteiger partial charge >= 0.3 is 6.03 Å². The summed E-state index contributed by atoms with van der Waals surface area (Å²) in [6.45, 7) is 0.624. The van der Waals surface area contributed by atoms with Crippen molar-refractivity contribution < 1.29 is 18.8 Å². The minimum absolute atomic E-state index is 0.199. The number of methoxy groups -OCH3 is 2. The van der Waals surface area contributed by atoms with Gasteiger partial charge in [-0.15, -0.1) is 0 Å². The zero-order chi connectivity index (χ0) is 20.2.